The van der Waals surface area contributed by atoms with Crippen LogP contribution in [0.25, 0.3) is 0 Å². The molecule has 0 unspecified atom stereocenters. The first-order valence-electron chi connectivity index (χ1n) is 3.93. The van der Waals surface area contributed by atoms with Gasteiger partial charge in [0, 0.05) is 17.7 Å². The van der Waals surface area contributed by atoms with Gasteiger partial charge in [0.25, 0.3) is 5.69 Å². The van der Waals surface area contributed by atoms with Gasteiger partial charge in [-0.15, -0.1) is 0 Å². The Labute approximate surface area is 81.9 Å². The van der Waals surface area contributed by atoms with Crippen LogP contribution in [0.2, 0.25) is 0 Å². The number of hydrogen-bond acceptors (Lipinski definition) is 4. The summed E-state index contributed by atoms with van der Waals surface area (Å²) in [4.78, 5) is 19.8. The van der Waals surface area contributed by atoms with Crippen molar-refractivity contribution in [3.05, 3.63) is 39.9 Å². The first-order valence-corrected chi connectivity index (χ1v) is 3.93. The fourth-order valence-corrected chi connectivity index (χ4v) is 0.712. The van der Waals surface area contributed by atoms with Crippen molar-refractivity contribution in [2.24, 2.45) is 0 Å². The molecule has 0 saturated heterocycles. The number of carbonyl (C=O) groups excluding carboxylic acids is 1. The van der Waals surface area contributed by atoms with E-state index in [0.29, 0.717) is 11.8 Å². The molecule has 0 radical (unpaired) electrons. The van der Waals surface area contributed by atoms with Crippen molar-refractivity contribution in [1.82, 2.24) is 5.32 Å². The normalized spacial score (nSPS) is 8.43. The van der Waals surface area contributed by atoms with Gasteiger partial charge in [0.05, 0.1) is 4.92 Å². The molecule has 5 heteroatoms. The van der Waals surface area contributed by atoms with Gasteiger partial charge in [-0.25, -0.2) is 0 Å². The quantitative estimate of drug-likeness (QED) is 0.439. The molecule has 0 aliphatic carbocycles. The Hall–Kier alpha value is -1.75. The minimum atomic E-state index is -0.535. The minimum Gasteiger partial charge on any atom is -0.323 e. The molecule has 76 valence electrons. The third kappa shape index (κ3) is 4.32. The van der Waals surface area contributed by atoms with Crippen molar-refractivity contribution in [2.75, 3.05) is 14.1 Å². The maximum Gasteiger partial charge on any atom is 0.270 e. The third-order valence-electron chi connectivity index (χ3n) is 1.22. The maximum atomic E-state index is 10.2. The fraction of sp³-hybridized carbons (Fsp3) is 0.222. The van der Waals surface area contributed by atoms with E-state index in [9.17, 15) is 14.9 Å². The van der Waals surface area contributed by atoms with E-state index >= 15 is 0 Å². The molecule has 1 rings (SSSR count). The first kappa shape index (κ1) is 12.2. The third-order valence-corrected chi connectivity index (χ3v) is 1.22. The number of non-ortho nitro benzene ring substituents is 1. The average Bonchev–Trinajstić information content (AvgIpc) is 2.19. The number of nitro benzene ring substituents is 1. The lowest BCUT2D eigenvalue weighted by atomic mass is 10.2. The Balaban J connectivity index is 0.000000500. The highest BCUT2D eigenvalue weighted by Gasteiger charge is 2.03. The van der Waals surface area contributed by atoms with Crippen LogP contribution < -0.4 is 5.32 Å². The van der Waals surface area contributed by atoms with Crippen molar-refractivity contribution in [1.29, 1.82) is 0 Å². The molecule has 0 aliphatic heterocycles. The highest BCUT2D eigenvalue weighted by atomic mass is 16.6. The molecule has 0 aliphatic rings. The lowest BCUT2D eigenvalue weighted by molar-refractivity contribution is -0.384. The summed E-state index contributed by atoms with van der Waals surface area (Å²) in [7, 11) is 3.75. The summed E-state index contributed by atoms with van der Waals surface area (Å²) in [5.41, 5.74) is 0.258. The van der Waals surface area contributed by atoms with Crippen LogP contribution in [0.5, 0.6) is 0 Å². The van der Waals surface area contributed by atoms with Crippen LogP contribution in [0.15, 0.2) is 24.3 Å². The van der Waals surface area contributed by atoms with Crippen molar-refractivity contribution in [2.45, 2.75) is 0 Å². The summed E-state index contributed by atoms with van der Waals surface area (Å²) in [5, 5.41) is 12.9. The molecule has 1 aromatic carbocycles. The average molecular weight is 196 g/mol. The van der Waals surface area contributed by atoms with Gasteiger partial charge in [-0.05, 0) is 14.1 Å². The van der Waals surface area contributed by atoms with Gasteiger partial charge < -0.3 is 5.32 Å². The first-order chi connectivity index (χ1) is 6.65. The number of benzene rings is 1. The molecule has 0 amide bonds. The van der Waals surface area contributed by atoms with Gasteiger partial charge in [0.1, 0.15) is 6.29 Å². The van der Waals surface area contributed by atoms with Gasteiger partial charge >= 0.3 is 0 Å². The van der Waals surface area contributed by atoms with Crippen LogP contribution in [0, 0.1) is 10.1 Å². The highest BCUT2D eigenvalue weighted by molar-refractivity contribution is 5.75. The van der Waals surface area contributed by atoms with Crippen LogP contribution in [-0.2, 0) is 0 Å². The SMILES string of the molecule is CNC.O=Cc1cccc([N+](=O)[O-])c1. The van der Waals surface area contributed by atoms with Gasteiger partial charge in [-0.3, -0.25) is 14.9 Å². The van der Waals surface area contributed by atoms with Crippen LogP contribution in [0.3, 0.4) is 0 Å². The monoisotopic (exact) mass is 196 g/mol. The van der Waals surface area contributed by atoms with Crippen molar-refractivity contribution in [3.63, 3.8) is 0 Å². The van der Waals surface area contributed by atoms with E-state index in [1.807, 2.05) is 14.1 Å². The Bertz CT molecular complexity index is 313. The zero-order valence-corrected chi connectivity index (χ0v) is 8.06. The largest absolute Gasteiger partial charge is 0.323 e. The molecule has 1 N–H and O–H groups in total. The zero-order valence-electron chi connectivity index (χ0n) is 8.06. The van der Waals surface area contributed by atoms with E-state index in [1.54, 1.807) is 0 Å². The summed E-state index contributed by atoms with van der Waals surface area (Å²) >= 11 is 0. The number of aldehydes is 1. The van der Waals surface area contributed by atoms with Crippen molar-refractivity contribution < 1.29 is 9.72 Å². The maximum absolute atomic E-state index is 10.2. The summed E-state index contributed by atoms with van der Waals surface area (Å²) in [5.74, 6) is 0. The molecule has 1 aromatic rings. The number of rotatable bonds is 2. The number of nitrogens with zero attached hydrogens (tertiary/aromatic N) is 1. The Morgan fingerprint density at radius 1 is 1.43 bits per heavy atom. The number of carbonyl (C=O) groups is 1. The van der Waals surface area contributed by atoms with Crippen LogP contribution in [0.1, 0.15) is 10.4 Å². The van der Waals surface area contributed by atoms with Gasteiger partial charge in [0.15, 0.2) is 0 Å². The second-order valence-electron chi connectivity index (χ2n) is 2.47. The van der Waals surface area contributed by atoms with E-state index in [1.165, 1.54) is 24.3 Å². The van der Waals surface area contributed by atoms with E-state index in [0.717, 1.165) is 0 Å². The molecule has 0 saturated carbocycles. The van der Waals surface area contributed by atoms with Crippen LogP contribution in [0.4, 0.5) is 5.69 Å². The summed E-state index contributed by atoms with van der Waals surface area (Å²) in [6, 6.07) is 5.56. The lowest BCUT2D eigenvalue weighted by Gasteiger charge is -1.90. The second-order valence-corrected chi connectivity index (χ2v) is 2.47. The molecule has 0 fully saturated rings. The van der Waals surface area contributed by atoms with Gasteiger partial charge in [0.2, 0.25) is 0 Å². The van der Waals surface area contributed by atoms with E-state index < -0.39 is 4.92 Å². The number of hydrogen-bond donors (Lipinski definition) is 1. The van der Waals surface area contributed by atoms with Crippen molar-refractivity contribution >= 4 is 12.0 Å². The number of nitro groups is 1. The molecule has 0 spiro atoms. The summed E-state index contributed by atoms with van der Waals surface area (Å²) in [6.45, 7) is 0. The molecule has 14 heavy (non-hydrogen) atoms. The minimum absolute atomic E-state index is 0.0606. The molecule has 0 heterocycles. The standard InChI is InChI=1S/C7H5NO3.C2H7N/c9-5-6-2-1-3-7(4-6)8(10)11;1-3-2/h1-5H;3H,1-2H3. The zero-order chi connectivity index (χ0) is 11.0. The molecule has 5 nitrogen and oxygen atoms in total. The second kappa shape index (κ2) is 6.73. The van der Waals surface area contributed by atoms with Crippen LogP contribution >= 0.6 is 0 Å². The van der Waals surface area contributed by atoms with E-state index in [2.05, 4.69) is 5.32 Å². The fourth-order valence-electron chi connectivity index (χ4n) is 0.712. The highest BCUT2D eigenvalue weighted by Crippen LogP contribution is 2.10. The summed E-state index contributed by atoms with van der Waals surface area (Å²) < 4.78 is 0. The van der Waals surface area contributed by atoms with E-state index in [-0.39, 0.29) is 5.69 Å². The Morgan fingerprint density at radius 3 is 2.43 bits per heavy atom. The van der Waals surface area contributed by atoms with E-state index in [4.69, 9.17) is 0 Å². The predicted molar refractivity (Wildman–Crippen MR) is 53.5 cm³/mol. The number of nitrogens with one attached hydrogen (secondary N) is 1. The van der Waals surface area contributed by atoms with Gasteiger partial charge in [-0.1, -0.05) is 12.1 Å². The molecular weight excluding hydrogens is 184 g/mol. The van der Waals surface area contributed by atoms with Crippen LogP contribution in [-0.4, -0.2) is 25.3 Å². The lowest BCUT2D eigenvalue weighted by Crippen LogP contribution is -1.89. The van der Waals surface area contributed by atoms with Gasteiger partial charge in [-0.2, -0.15) is 0 Å². The molecule has 0 bridgehead atoms. The Kier molecular flexibility index (Phi) is 5.89. The topological polar surface area (TPSA) is 72.2 Å². The smallest absolute Gasteiger partial charge is 0.270 e. The summed E-state index contributed by atoms with van der Waals surface area (Å²) in [6.07, 6.45) is 0.576. The molecule has 0 aromatic heterocycles. The molecular formula is C9H12N2O3. The Morgan fingerprint density at radius 2 is 2.00 bits per heavy atom. The molecule has 0 atom stereocenters. The predicted octanol–water partition coefficient (Wildman–Crippen LogP) is 1.24. The van der Waals surface area contributed by atoms with Crippen molar-refractivity contribution in [3.8, 4) is 0 Å².